The summed E-state index contributed by atoms with van der Waals surface area (Å²) in [6, 6.07) is 9.64. The van der Waals surface area contributed by atoms with Crippen LogP contribution in [0.5, 0.6) is 0 Å². The van der Waals surface area contributed by atoms with Crippen LogP contribution in [0.15, 0.2) is 34.7 Å². The Kier molecular flexibility index (Phi) is 3.99. The lowest BCUT2D eigenvalue weighted by Crippen LogP contribution is -2.41. The zero-order chi connectivity index (χ0) is 13.0. The first-order valence-corrected chi connectivity index (χ1v) is 6.19. The average Bonchev–Trinajstić information content (AvgIpc) is 2.78. The molecule has 4 nitrogen and oxygen atoms in total. The molecular weight excluding hydrogens is 228 g/mol. The van der Waals surface area contributed by atoms with Crippen LogP contribution in [0, 0.1) is 0 Å². The molecule has 2 aromatic rings. The molecule has 1 atom stereocenters. The average molecular weight is 246 g/mol. The molecule has 18 heavy (non-hydrogen) atoms. The van der Waals surface area contributed by atoms with Crippen LogP contribution in [-0.2, 0) is 11.3 Å². The van der Waals surface area contributed by atoms with Crippen LogP contribution >= 0.6 is 0 Å². The van der Waals surface area contributed by atoms with Crippen molar-refractivity contribution in [2.45, 2.75) is 26.4 Å². The van der Waals surface area contributed by atoms with E-state index in [1.165, 1.54) is 0 Å². The summed E-state index contributed by atoms with van der Waals surface area (Å²) in [7, 11) is 0. The lowest BCUT2D eigenvalue weighted by atomic mass is 10.2. The first kappa shape index (κ1) is 12.6. The van der Waals surface area contributed by atoms with Gasteiger partial charge in [-0.15, -0.1) is 0 Å². The molecular formula is C14H18N2O2. The van der Waals surface area contributed by atoms with Gasteiger partial charge >= 0.3 is 0 Å². The van der Waals surface area contributed by atoms with E-state index in [0.29, 0.717) is 13.1 Å². The maximum atomic E-state index is 11.5. The standard InChI is InChI=1S/C14H18N2O2/c1-3-15-14(17)10(2)16-9-12-8-11-6-4-5-7-13(11)18-12/h4-8,10,16H,3,9H2,1-2H3,(H,15,17). The van der Waals surface area contributed by atoms with Gasteiger partial charge in [0.1, 0.15) is 11.3 Å². The van der Waals surface area contributed by atoms with Gasteiger partial charge < -0.3 is 9.73 Å². The number of fused-ring (bicyclic) bond motifs is 1. The van der Waals surface area contributed by atoms with Crippen LogP contribution in [0.3, 0.4) is 0 Å². The van der Waals surface area contributed by atoms with Gasteiger partial charge in [0.25, 0.3) is 0 Å². The van der Waals surface area contributed by atoms with Gasteiger partial charge in [0.2, 0.25) is 5.91 Å². The van der Waals surface area contributed by atoms with Gasteiger partial charge in [0, 0.05) is 11.9 Å². The van der Waals surface area contributed by atoms with Crippen molar-refractivity contribution in [3.63, 3.8) is 0 Å². The van der Waals surface area contributed by atoms with Crippen molar-refractivity contribution in [3.05, 3.63) is 36.1 Å². The number of carbonyl (C=O) groups is 1. The Labute approximate surface area is 106 Å². The molecule has 2 N–H and O–H groups in total. The van der Waals surface area contributed by atoms with E-state index in [1.807, 2.05) is 44.2 Å². The van der Waals surface area contributed by atoms with Gasteiger partial charge in [-0.2, -0.15) is 0 Å². The molecule has 0 aliphatic carbocycles. The van der Waals surface area contributed by atoms with Crippen molar-refractivity contribution < 1.29 is 9.21 Å². The molecule has 0 fully saturated rings. The molecule has 0 aliphatic rings. The van der Waals surface area contributed by atoms with E-state index < -0.39 is 0 Å². The fourth-order valence-electron chi connectivity index (χ4n) is 1.80. The number of nitrogens with one attached hydrogen (secondary N) is 2. The van der Waals surface area contributed by atoms with Gasteiger partial charge in [-0.3, -0.25) is 10.1 Å². The zero-order valence-electron chi connectivity index (χ0n) is 10.7. The van der Waals surface area contributed by atoms with Gasteiger partial charge in [-0.1, -0.05) is 18.2 Å². The molecule has 0 saturated carbocycles. The summed E-state index contributed by atoms with van der Waals surface area (Å²) in [6.45, 7) is 4.94. The first-order chi connectivity index (χ1) is 8.70. The third kappa shape index (κ3) is 2.90. The van der Waals surface area contributed by atoms with E-state index in [9.17, 15) is 4.79 Å². The minimum atomic E-state index is -0.224. The monoisotopic (exact) mass is 246 g/mol. The van der Waals surface area contributed by atoms with E-state index in [0.717, 1.165) is 16.7 Å². The molecule has 0 saturated heterocycles. The van der Waals surface area contributed by atoms with Gasteiger partial charge in [0.05, 0.1) is 12.6 Å². The Morgan fingerprint density at radius 2 is 2.17 bits per heavy atom. The normalized spacial score (nSPS) is 12.6. The Morgan fingerprint density at radius 1 is 1.39 bits per heavy atom. The largest absolute Gasteiger partial charge is 0.460 e. The maximum absolute atomic E-state index is 11.5. The maximum Gasteiger partial charge on any atom is 0.236 e. The van der Waals surface area contributed by atoms with Crippen molar-refractivity contribution in [2.75, 3.05) is 6.54 Å². The summed E-state index contributed by atoms with van der Waals surface area (Å²) < 4.78 is 5.66. The van der Waals surface area contributed by atoms with Gasteiger partial charge in [0.15, 0.2) is 0 Å². The Hall–Kier alpha value is -1.81. The van der Waals surface area contributed by atoms with Crippen LogP contribution in [-0.4, -0.2) is 18.5 Å². The number of hydrogen-bond donors (Lipinski definition) is 2. The smallest absolute Gasteiger partial charge is 0.236 e. The van der Waals surface area contributed by atoms with Gasteiger partial charge in [-0.25, -0.2) is 0 Å². The second kappa shape index (κ2) is 5.69. The quantitative estimate of drug-likeness (QED) is 0.849. The molecule has 1 aromatic carbocycles. The molecule has 1 aromatic heterocycles. The minimum Gasteiger partial charge on any atom is -0.460 e. The summed E-state index contributed by atoms with van der Waals surface area (Å²) in [4.78, 5) is 11.5. The molecule has 4 heteroatoms. The number of furan rings is 1. The number of hydrogen-bond acceptors (Lipinski definition) is 3. The van der Waals surface area contributed by atoms with E-state index in [-0.39, 0.29) is 11.9 Å². The first-order valence-electron chi connectivity index (χ1n) is 6.19. The second-order valence-corrected chi connectivity index (χ2v) is 4.25. The van der Waals surface area contributed by atoms with Crippen molar-refractivity contribution in [3.8, 4) is 0 Å². The fourth-order valence-corrected chi connectivity index (χ4v) is 1.80. The van der Waals surface area contributed by atoms with Crippen LogP contribution in [0.2, 0.25) is 0 Å². The van der Waals surface area contributed by atoms with E-state index in [1.54, 1.807) is 0 Å². The van der Waals surface area contributed by atoms with E-state index in [4.69, 9.17) is 4.42 Å². The molecule has 0 bridgehead atoms. The number of benzene rings is 1. The third-order valence-electron chi connectivity index (χ3n) is 2.80. The molecule has 2 rings (SSSR count). The highest BCUT2D eigenvalue weighted by Crippen LogP contribution is 2.18. The van der Waals surface area contributed by atoms with Crippen molar-refractivity contribution in [1.82, 2.24) is 10.6 Å². The zero-order valence-corrected chi connectivity index (χ0v) is 10.7. The fraction of sp³-hybridized carbons (Fsp3) is 0.357. The second-order valence-electron chi connectivity index (χ2n) is 4.25. The van der Waals surface area contributed by atoms with Crippen LogP contribution in [0.25, 0.3) is 11.0 Å². The highest BCUT2D eigenvalue weighted by molar-refractivity contribution is 5.81. The topological polar surface area (TPSA) is 54.3 Å². The van der Waals surface area contributed by atoms with Crippen LogP contribution in [0.1, 0.15) is 19.6 Å². The predicted molar refractivity (Wildman–Crippen MR) is 71.2 cm³/mol. The van der Waals surface area contributed by atoms with Crippen molar-refractivity contribution in [2.24, 2.45) is 0 Å². The highest BCUT2D eigenvalue weighted by Gasteiger charge is 2.11. The van der Waals surface area contributed by atoms with Crippen molar-refractivity contribution in [1.29, 1.82) is 0 Å². The highest BCUT2D eigenvalue weighted by atomic mass is 16.3. The molecule has 1 unspecified atom stereocenters. The van der Waals surface area contributed by atoms with Crippen LogP contribution in [0.4, 0.5) is 0 Å². The minimum absolute atomic E-state index is 0.00797. The number of para-hydroxylation sites is 1. The third-order valence-corrected chi connectivity index (χ3v) is 2.80. The lowest BCUT2D eigenvalue weighted by molar-refractivity contribution is -0.122. The Morgan fingerprint density at radius 3 is 2.89 bits per heavy atom. The number of rotatable bonds is 5. The lowest BCUT2D eigenvalue weighted by Gasteiger charge is -2.11. The Balaban J connectivity index is 1.95. The predicted octanol–water partition coefficient (Wildman–Crippen LogP) is 2.05. The van der Waals surface area contributed by atoms with Crippen molar-refractivity contribution >= 4 is 16.9 Å². The number of likely N-dealkylation sites (N-methyl/N-ethyl adjacent to an activating group) is 1. The van der Waals surface area contributed by atoms with Gasteiger partial charge in [-0.05, 0) is 26.0 Å². The molecule has 0 aliphatic heterocycles. The molecule has 1 amide bonds. The van der Waals surface area contributed by atoms with E-state index >= 15 is 0 Å². The number of carbonyl (C=O) groups excluding carboxylic acids is 1. The molecule has 96 valence electrons. The summed E-state index contributed by atoms with van der Waals surface area (Å²) in [5.74, 6) is 0.848. The number of amides is 1. The van der Waals surface area contributed by atoms with Crippen LogP contribution < -0.4 is 10.6 Å². The summed E-state index contributed by atoms with van der Waals surface area (Å²) in [5, 5.41) is 7.00. The summed E-state index contributed by atoms with van der Waals surface area (Å²) in [6.07, 6.45) is 0. The molecule has 0 spiro atoms. The SMILES string of the molecule is CCNC(=O)C(C)NCc1cc2ccccc2o1. The summed E-state index contributed by atoms with van der Waals surface area (Å²) in [5.41, 5.74) is 0.875. The van der Waals surface area contributed by atoms with E-state index in [2.05, 4.69) is 10.6 Å². The summed E-state index contributed by atoms with van der Waals surface area (Å²) >= 11 is 0. The Bertz CT molecular complexity index is 500. The molecule has 0 radical (unpaired) electrons. The molecule has 1 heterocycles.